The summed E-state index contributed by atoms with van der Waals surface area (Å²) in [5, 5.41) is 3.64. The number of sulfonamides is 1. The quantitative estimate of drug-likeness (QED) is 0.183. The fourth-order valence-electron chi connectivity index (χ4n) is 5.67. The van der Waals surface area contributed by atoms with Crippen molar-refractivity contribution in [1.29, 1.82) is 0 Å². The van der Waals surface area contributed by atoms with Gasteiger partial charge in [-0.1, -0.05) is 25.0 Å². The zero-order valence-electron chi connectivity index (χ0n) is 18.7. The van der Waals surface area contributed by atoms with Crippen molar-refractivity contribution in [3.05, 3.63) is 29.8 Å². The van der Waals surface area contributed by atoms with E-state index in [4.69, 9.17) is 5.84 Å². The number of nitrogens with two attached hydrogens (primary N) is 1. The maximum atomic E-state index is 13.1. The highest BCUT2D eigenvalue weighted by Gasteiger charge is 2.40. The summed E-state index contributed by atoms with van der Waals surface area (Å²) in [5.41, 5.74) is 1.21. The van der Waals surface area contributed by atoms with Crippen LogP contribution in [0.4, 0.5) is 0 Å². The van der Waals surface area contributed by atoms with Gasteiger partial charge in [0.05, 0.1) is 10.9 Å². The van der Waals surface area contributed by atoms with E-state index in [2.05, 4.69) is 14.7 Å². The first kappa shape index (κ1) is 23.2. The number of aldehydes is 1. The summed E-state index contributed by atoms with van der Waals surface area (Å²) in [5.74, 6) is 6.70. The molecule has 176 valence electrons. The molecule has 4 rings (SSSR count). The third-order valence-corrected chi connectivity index (χ3v) is 9.00. The average Bonchev–Trinajstić information content (AvgIpc) is 3.49. The van der Waals surface area contributed by atoms with E-state index in [0.717, 1.165) is 51.5 Å². The number of hydrazone groups is 1. The number of rotatable bonds is 10. The standard InChI is InChI=1S/C24H36N4O3S/c25-26-17-28-13-3-4-18(15-28)14-23(21-7-8-21)24(16-29)27-32(30,31)22-11-9-20(10-12-22)19-5-1-2-6-19/h9-12,16-19,21,23-24,27H,1-8,13-15,25H2/t18?,23-,24+/m0/s1. The van der Waals surface area contributed by atoms with Crippen molar-refractivity contribution in [3.63, 3.8) is 0 Å². The molecule has 3 N–H and O–H groups in total. The number of hydrogen-bond acceptors (Lipinski definition) is 5. The lowest BCUT2D eigenvalue weighted by molar-refractivity contribution is -0.110. The SMILES string of the molecule is NN=CN1CCCC(C[C@@H](C2CC2)[C@@H](C=O)NS(=O)(=O)c2ccc(C3CCCC3)cc2)C1. The first-order chi connectivity index (χ1) is 15.5. The highest BCUT2D eigenvalue weighted by Crippen LogP contribution is 2.43. The monoisotopic (exact) mass is 460 g/mol. The molecule has 2 aliphatic carbocycles. The van der Waals surface area contributed by atoms with E-state index < -0.39 is 16.1 Å². The zero-order chi connectivity index (χ0) is 22.6. The van der Waals surface area contributed by atoms with Gasteiger partial charge in [0, 0.05) is 13.1 Å². The molecule has 7 nitrogen and oxygen atoms in total. The van der Waals surface area contributed by atoms with Gasteiger partial charge >= 0.3 is 0 Å². The lowest BCUT2D eigenvalue weighted by Crippen LogP contribution is -2.44. The molecule has 3 fully saturated rings. The Morgan fingerprint density at radius 2 is 1.81 bits per heavy atom. The van der Waals surface area contributed by atoms with Gasteiger partial charge in [-0.3, -0.25) is 0 Å². The maximum Gasteiger partial charge on any atom is 0.241 e. The Morgan fingerprint density at radius 1 is 1.09 bits per heavy atom. The number of benzene rings is 1. The number of nitrogens with one attached hydrogen (secondary N) is 1. The van der Waals surface area contributed by atoms with Gasteiger partial charge < -0.3 is 15.5 Å². The third kappa shape index (κ3) is 5.70. The van der Waals surface area contributed by atoms with Crippen LogP contribution in [-0.4, -0.2) is 45.1 Å². The summed E-state index contributed by atoms with van der Waals surface area (Å²) >= 11 is 0. The molecule has 1 aromatic carbocycles. The molecule has 32 heavy (non-hydrogen) atoms. The van der Waals surface area contributed by atoms with Crippen molar-refractivity contribution in [1.82, 2.24) is 9.62 Å². The minimum Gasteiger partial charge on any atom is -0.361 e. The molecule has 1 saturated heterocycles. The van der Waals surface area contributed by atoms with Gasteiger partial charge in [-0.25, -0.2) is 13.1 Å². The average molecular weight is 461 g/mol. The van der Waals surface area contributed by atoms with E-state index in [0.29, 0.717) is 17.8 Å². The number of carbonyl (C=O) groups is 1. The first-order valence-electron chi connectivity index (χ1n) is 12.0. The second kappa shape index (κ2) is 10.3. The third-order valence-electron chi connectivity index (χ3n) is 7.53. The second-order valence-electron chi connectivity index (χ2n) is 9.84. The fraction of sp³-hybridized carbons (Fsp3) is 0.667. The summed E-state index contributed by atoms with van der Waals surface area (Å²) in [6, 6.07) is 6.56. The van der Waals surface area contributed by atoms with E-state index in [-0.39, 0.29) is 10.8 Å². The minimum absolute atomic E-state index is 0.0276. The molecule has 1 aromatic rings. The van der Waals surface area contributed by atoms with Gasteiger partial charge in [0.2, 0.25) is 10.0 Å². The predicted molar refractivity (Wildman–Crippen MR) is 126 cm³/mol. The molecule has 2 saturated carbocycles. The highest BCUT2D eigenvalue weighted by molar-refractivity contribution is 7.89. The number of likely N-dealkylation sites (tertiary alicyclic amines) is 1. The van der Waals surface area contributed by atoms with Crippen LogP contribution in [0.3, 0.4) is 0 Å². The molecule has 3 aliphatic rings. The van der Waals surface area contributed by atoms with Crippen LogP contribution in [0.1, 0.15) is 69.3 Å². The van der Waals surface area contributed by atoms with E-state index in [1.165, 1.54) is 31.2 Å². The van der Waals surface area contributed by atoms with Crippen LogP contribution in [0.2, 0.25) is 0 Å². The van der Waals surface area contributed by atoms with Gasteiger partial charge in [0.15, 0.2) is 0 Å². The summed E-state index contributed by atoms with van der Waals surface area (Å²) in [6.07, 6.45) is 12.4. The summed E-state index contributed by atoms with van der Waals surface area (Å²) in [4.78, 5) is 14.4. The Balaban J connectivity index is 1.43. The largest absolute Gasteiger partial charge is 0.361 e. The van der Waals surface area contributed by atoms with Crippen LogP contribution in [-0.2, 0) is 14.8 Å². The molecule has 3 atom stereocenters. The zero-order valence-corrected chi connectivity index (χ0v) is 19.6. The van der Waals surface area contributed by atoms with Crippen molar-refractivity contribution in [2.24, 2.45) is 28.7 Å². The number of carbonyl (C=O) groups excluding carboxylic acids is 1. The molecule has 8 heteroatoms. The summed E-state index contributed by atoms with van der Waals surface area (Å²) in [6.45, 7) is 1.79. The van der Waals surface area contributed by atoms with Crippen LogP contribution in [0.5, 0.6) is 0 Å². The Bertz CT molecular complexity index is 892. The molecular formula is C24H36N4O3S. The Morgan fingerprint density at radius 3 is 2.44 bits per heavy atom. The number of nitrogens with zero attached hydrogens (tertiary/aromatic N) is 2. The second-order valence-corrected chi connectivity index (χ2v) is 11.6. The van der Waals surface area contributed by atoms with Crippen molar-refractivity contribution in [3.8, 4) is 0 Å². The number of hydrogen-bond donors (Lipinski definition) is 2. The van der Waals surface area contributed by atoms with Crippen LogP contribution in [0.25, 0.3) is 0 Å². The molecule has 1 aliphatic heterocycles. The van der Waals surface area contributed by atoms with Crippen LogP contribution in [0, 0.1) is 17.8 Å². The topological polar surface area (TPSA) is 105 Å². The predicted octanol–water partition coefficient (Wildman–Crippen LogP) is 3.22. The van der Waals surface area contributed by atoms with Gasteiger partial charge in [-0.05, 0) is 86.3 Å². The van der Waals surface area contributed by atoms with Gasteiger partial charge in [-0.15, -0.1) is 0 Å². The maximum absolute atomic E-state index is 13.1. The molecule has 0 aromatic heterocycles. The normalized spacial score (nSPS) is 24.6. The fourth-order valence-corrected chi connectivity index (χ4v) is 6.89. The van der Waals surface area contributed by atoms with Crippen LogP contribution >= 0.6 is 0 Å². The Hall–Kier alpha value is -1.93. The van der Waals surface area contributed by atoms with Crippen molar-refractivity contribution < 1.29 is 13.2 Å². The minimum atomic E-state index is -3.75. The highest BCUT2D eigenvalue weighted by atomic mass is 32.2. The van der Waals surface area contributed by atoms with Crippen molar-refractivity contribution >= 4 is 22.6 Å². The Kier molecular flexibility index (Phi) is 7.51. The van der Waals surface area contributed by atoms with Gasteiger partial charge in [0.1, 0.15) is 12.6 Å². The van der Waals surface area contributed by atoms with E-state index in [9.17, 15) is 13.2 Å². The summed E-state index contributed by atoms with van der Waals surface area (Å²) < 4.78 is 28.9. The molecule has 0 bridgehead atoms. The molecule has 0 amide bonds. The first-order valence-corrected chi connectivity index (χ1v) is 13.5. The van der Waals surface area contributed by atoms with E-state index >= 15 is 0 Å². The summed E-state index contributed by atoms with van der Waals surface area (Å²) in [7, 11) is -3.75. The van der Waals surface area contributed by atoms with Gasteiger partial charge in [-0.2, -0.15) is 5.10 Å². The van der Waals surface area contributed by atoms with Crippen LogP contribution < -0.4 is 10.6 Å². The Labute approximate surface area is 191 Å². The van der Waals surface area contributed by atoms with E-state index in [1.807, 2.05) is 12.1 Å². The lowest BCUT2D eigenvalue weighted by atomic mass is 9.82. The molecule has 0 spiro atoms. The number of piperidine rings is 1. The van der Waals surface area contributed by atoms with Crippen molar-refractivity contribution in [2.45, 2.75) is 74.6 Å². The molecule has 0 radical (unpaired) electrons. The van der Waals surface area contributed by atoms with E-state index in [1.54, 1.807) is 18.5 Å². The molecule has 1 unspecified atom stereocenters. The molecule has 1 heterocycles. The lowest BCUT2D eigenvalue weighted by Gasteiger charge is -2.34. The van der Waals surface area contributed by atoms with Gasteiger partial charge in [0.25, 0.3) is 0 Å². The van der Waals surface area contributed by atoms with Crippen molar-refractivity contribution in [2.75, 3.05) is 13.1 Å². The van der Waals surface area contributed by atoms with Crippen LogP contribution in [0.15, 0.2) is 34.3 Å². The smallest absolute Gasteiger partial charge is 0.241 e. The molecular weight excluding hydrogens is 424 g/mol.